The number of hydrogen-bond acceptors (Lipinski definition) is 5. The van der Waals surface area contributed by atoms with Gasteiger partial charge in [-0.25, -0.2) is 0 Å². The molecule has 0 fully saturated rings. The van der Waals surface area contributed by atoms with Gasteiger partial charge in [0.1, 0.15) is 0 Å². The molecule has 0 radical (unpaired) electrons. The van der Waals surface area contributed by atoms with E-state index in [1.165, 1.54) is 21.3 Å². The minimum Gasteiger partial charge on any atom is -0.493 e. The monoisotopic (exact) mass is 284 g/mol. The lowest BCUT2D eigenvalue weighted by atomic mass is 10.0. The van der Waals surface area contributed by atoms with E-state index in [1.807, 2.05) is 0 Å². The molecule has 1 aromatic carbocycles. The highest BCUT2D eigenvalue weighted by Gasteiger charge is 2.20. The van der Waals surface area contributed by atoms with Crippen molar-refractivity contribution in [1.82, 2.24) is 0 Å². The van der Waals surface area contributed by atoms with E-state index in [4.69, 9.17) is 19.3 Å². The van der Waals surface area contributed by atoms with E-state index in [1.54, 1.807) is 12.1 Å². The normalized spacial score (nSPS) is 11.8. The van der Waals surface area contributed by atoms with Crippen molar-refractivity contribution in [3.8, 4) is 17.2 Å². The lowest BCUT2D eigenvalue weighted by molar-refractivity contribution is -0.137. The molecule has 0 amide bonds. The predicted molar refractivity (Wildman–Crippen MR) is 72.5 cm³/mol. The first-order chi connectivity index (χ1) is 9.54. The molecule has 6 heteroatoms. The van der Waals surface area contributed by atoms with Gasteiger partial charge in [0, 0.05) is 12.0 Å². The van der Waals surface area contributed by atoms with E-state index in [-0.39, 0.29) is 6.42 Å². The zero-order valence-electron chi connectivity index (χ0n) is 11.9. The van der Waals surface area contributed by atoms with Crippen LogP contribution in [-0.4, -0.2) is 37.5 Å². The van der Waals surface area contributed by atoms with E-state index < -0.39 is 12.1 Å². The Kier molecular flexibility index (Phi) is 6.11. The highest BCUT2D eigenvalue weighted by molar-refractivity contribution is 5.66. The largest absolute Gasteiger partial charge is 0.493 e. The molecule has 0 spiro atoms. The standard InChI is InChI=1S/C14H20O6/c1-18-11-8-7-9(13(19-2)14(11)20-3)10(15)5-4-6-12(16)17/h7-8,10,15H,4-6H2,1-3H3,(H,16,17). The number of ether oxygens (including phenoxy) is 3. The molecule has 0 heterocycles. The van der Waals surface area contributed by atoms with Gasteiger partial charge in [-0.15, -0.1) is 0 Å². The van der Waals surface area contributed by atoms with Gasteiger partial charge in [-0.3, -0.25) is 4.79 Å². The number of aliphatic carboxylic acids is 1. The topological polar surface area (TPSA) is 85.2 Å². The summed E-state index contributed by atoms with van der Waals surface area (Å²) in [5.41, 5.74) is 0.551. The Morgan fingerprint density at radius 3 is 2.30 bits per heavy atom. The van der Waals surface area contributed by atoms with Crippen molar-refractivity contribution in [2.75, 3.05) is 21.3 Å². The summed E-state index contributed by atoms with van der Waals surface area (Å²) in [7, 11) is 4.48. The second-order valence-electron chi connectivity index (χ2n) is 4.23. The molecule has 6 nitrogen and oxygen atoms in total. The summed E-state index contributed by atoms with van der Waals surface area (Å²) in [4.78, 5) is 10.5. The summed E-state index contributed by atoms with van der Waals surface area (Å²) in [6, 6.07) is 3.36. The Bertz CT molecular complexity index is 457. The van der Waals surface area contributed by atoms with Crippen molar-refractivity contribution in [1.29, 1.82) is 0 Å². The maximum absolute atomic E-state index is 10.5. The number of hydrogen-bond donors (Lipinski definition) is 2. The second kappa shape index (κ2) is 7.59. The molecular formula is C14H20O6. The number of aliphatic hydroxyl groups excluding tert-OH is 1. The molecule has 1 atom stereocenters. The van der Waals surface area contributed by atoms with Crippen molar-refractivity contribution >= 4 is 5.97 Å². The van der Waals surface area contributed by atoms with Crippen LogP contribution in [0.15, 0.2) is 12.1 Å². The van der Waals surface area contributed by atoms with Gasteiger partial charge in [0.25, 0.3) is 0 Å². The van der Waals surface area contributed by atoms with Gasteiger partial charge in [-0.05, 0) is 25.0 Å². The third-order valence-corrected chi connectivity index (χ3v) is 2.96. The fourth-order valence-corrected chi connectivity index (χ4v) is 1.99. The molecule has 0 bridgehead atoms. The van der Waals surface area contributed by atoms with E-state index in [9.17, 15) is 9.90 Å². The van der Waals surface area contributed by atoms with Crippen LogP contribution in [0.4, 0.5) is 0 Å². The first kappa shape index (κ1) is 16.1. The molecule has 0 saturated carbocycles. The zero-order valence-corrected chi connectivity index (χ0v) is 11.9. The molecule has 0 saturated heterocycles. The summed E-state index contributed by atoms with van der Waals surface area (Å²) < 4.78 is 15.7. The van der Waals surface area contributed by atoms with Gasteiger partial charge >= 0.3 is 5.97 Å². The van der Waals surface area contributed by atoms with Crippen LogP contribution in [0.3, 0.4) is 0 Å². The Labute approximate surface area is 117 Å². The Balaban J connectivity index is 2.96. The maximum atomic E-state index is 10.5. The van der Waals surface area contributed by atoms with Crippen LogP contribution < -0.4 is 14.2 Å². The number of aliphatic hydroxyl groups is 1. The molecular weight excluding hydrogens is 264 g/mol. The number of carboxylic acids is 1. The van der Waals surface area contributed by atoms with Gasteiger partial charge < -0.3 is 24.4 Å². The third-order valence-electron chi connectivity index (χ3n) is 2.96. The summed E-state index contributed by atoms with van der Waals surface area (Å²) in [6.07, 6.45) is -0.0807. The highest BCUT2D eigenvalue weighted by Crippen LogP contribution is 2.42. The van der Waals surface area contributed by atoms with Crippen LogP contribution in [0.2, 0.25) is 0 Å². The van der Waals surface area contributed by atoms with Crippen molar-refractivity contribution in [2.24, 2.45) is 0 Å². The molecule has 112 valence electrons. The van der Waals surface area contributed by atoms with Gasteiger partial charge in [0.15, 0.2) is 11.5 Å². The highest BCUT2D eigenvalue weighted by atomic mass is 16.5. The Hall–Kier alpha value is -1.95. The number of benzene rings is 1. The number of rotatable bonds is 8. The first-order valence-electron chi connectivity index (χ1n) is 6.23. The van der Waals surface area contributed by atoms with Crippen molar-refractivity contribution < 1.29 is 29.2 Å². The summed E-state index contributed by atoms with van der Waals surface area (Å²) in [6.45, 7) is 0. The molecule has 1 unspecified atom stereocenters. The molecule has 0 aromatic heterocycles. The molecule has 0 aliphatic rings. The Morgan fingerprint density at radius 1 is 1.15 bits per heavy atom. The number of carbonyl (C=O) groups is 1. The van der Waals surface area contributed by atoms with Crippen molar-refractivity contribution in [2.45, 2.75) is 25.4 Å². The number of carboxylic acid groups (broad SMARTS) is 1. The molecule has 0 aliphatic carbocycles. The smallest absolute Gasteiger partial charge is 0.303 e. The fraction of sp³-hybridized carbons (Fsp3) is 0.500. The van der Waals surface area contributed by atoms with Crippen LogP contribution in [0, 0.1) is 0 Å². The predicted octanol–water partition coefficient (Wildman–Crippen LogP) is 2.00. The van der Waals surface area contributed by atoms with Crippen LogP contribution in [0.25, 0.3) is 0 Å². The molecule has 2 N–H and O–H groups in total. The SMILES string of the molecule is COc1ccc(C(O)CCCC(=O)O)c(OC)c1OC. The lowest BCUT2D eigenvalue weighted by Crippen LogP contribution is -2.05. The molecule has 1 rings (SSSR count). The quantitative estimate of drug-likeness (QED) is 0.759. The summed E-state index contributed by atoms with van der Waals surface area (Å²) in [5, 5.41) is 18.8. The summed E-state index contributed by atoms with van der Waals surface area (Å²) >= 11 is 0. The van der Waals surface area contributed by atoms with Crippen molar-refractivity contribution in [3.05, 3.63) is 17.7 Å². The summed E-state index contributed by atoms with van der Waals surface area (Å²) in [5.74, 6) is 0.432. The van der Waals surface area contributed by atoms with Gasteiger partial charge in [-0.1, -0.05) is 0 Å². The minimum atomic E-state index is -0.878. The average Bonchev–Trinajstić information content (AvgIpc) is 2.44. The Morgan fingerprint density at radius 2 is 1.80 bits per heavy atom. The van der Waals surface area contributed by atoms with Crippen LogP contribution in [-0.2, 0) is 4.79 Å². The molecule has 20 heavy (non-hydrogen) atoms. The second-order valence-corrected chi connectivity index (χ2v) is 4.23. The third kappa shape index (κ3) is 3.77. The maximum Gasteiger partial charge on any atom is 0.303 e. The average molecular weight is 284 g/mol. The van der Waals surface area contributed by atoms with E-state index in [0.29, 0.717) is 35.7 Å². The van der Waals surface area contributed by atoms with Crippen LogP contribution in [0.1, 0.15) is 30.9 Å². The van der Waals surface area contributed by atoms with Gasteiger partial charge in [-0.2, -0.15) is 0 Å². The van der Waals surface area contributed by atoms with Gasteiger partial charge in [0.05, 0.1) is 27.4 Å². The van der Waals surface area contributed by atoms with E-state index in [0.717, 1.165) is 0 Å². The van der Waals surface area contributed by atoms with E-state index in [2.05, 4.69) is 0 Å². The molecule has 1 aromatic rings. The minimum absolute atomic E-state index is 0.0205. The van der Waals surface area contributed by atoms with Crippen LogP contribution >= 0.6 is 0 Å². The lowest BCUT2D eigenvalue weighted by Gasteiger charge is -2.18. The zero-order chi connectivity index (χ0) is 15.1. The first-order valence-corrected chi connectivity index (χ1v) is 6.23. The van der Waals surface area contributed by atoms with Crippen LogP contribution in [0.5, 0.6) is 17.2 Å². The fourth-order valence-electron chi connectivity index (χ4n) is 1.99. The van der Waals surface area contributed by atoms with E-state index >= 15 is 0 Å². The number of methoxy groups -OCH3 is 3. The molecule has 0 aliphatic heterocycles. The van der Waals surface area contributed by atoms with Gasteiger partial charge in [0.2, 0.25) is 5.75 Å². The van der Waals surface area contributed by atoms with Crippen molar-refractivity contribution in [3.63, 3.8) is 0 Å².